The van der Waals surface area contributed by atoms with Gasteiger partial charge in [-0.2, -0.15) is 9.61 Å². The van der Waals surface area contributed by atoms with E-state index < -0.39 is 0 Å². The van der Waals surface area contributed by atoms with E-state index in [2.05, 4.69) is 23.8 Å². The molecule has 3 aromatic rings. The lowest BCUT2D eigenvalue weighted by Crippen LogP contribution is -2.28. The molecular formula is C23H30N4O4S. The second-order valence-corrected chi connectivity index (χ2v) is 9.58. The van der Waals surface area contributed by atoms with Gasteiger partial charge in [0.1, 0.15) is 5.01 Å². The zero-order chi connectivity index (χ0) is 22.8. The van der Waals surface area contributed by atoms with Gasteiger partial charge in [-0.1, -0.05) is 25.2 Å². The van der Waals surface area contributed by atoms with Crippen LogP contribution in [0.4, 0.5) is 0 Å². The van der Waals surface area contributed by atoms with Gasteiger partial charge in [-0.15, -0.1) is 0 Å². The average molecular weight is 459 g/mol. The van der Waals surface area contributed by atoms with Gasteiger partial charge in [0.15, 0.2) is 11.5 Å². The first-order chi connectivity index (χ1) is 15.4. The molecule has 2 heterocycles. The first kappa shape index (κ1) is 22.5. The fraction of sp³-hybridized carbons (Fsp3) is 0.522. The van der Waals surface area contributed by atoms with Crippen LogP contribution in [-0.2, 0) is 13.1 Å². The highest BCUT2D eigenvalue weighted by Gasteiger charge is 2.28. The largest absolute Gasteiger partial charge is 0.493 e. The third kappa shape index (κ3) is 4.88. The number of benzene rings is 1. The van der Waals surface area contributed by atoms with Crippen LogP contribution in [0.15, 0.2) is 23.0 Å². The quantitative estimate of drug-likeness (QED) is 0.458. The summed E-state index contributed by atoms with van der Waals surface area (Å²) in [5, 5.41) is 5.49. The topological polar surface area (TPSA) is 78.2 Å². The normalized spacial score (nSPS) is 13.8. The Bertz CT molecular complexity index is 1130. The maximum Gasteiger partial charge on any atom is 0.275 e. The third-order valence-electron chi connectivity index (χ3n) is 5.38. The summed E-state index contributed by atoms with van der Waals surface area (Å²) in [5.41, 5.74) is 1.67. The summed E-state index contributed by atoms with van der Waals surface area (Å²) < 4.78 is 17.9. The molecule has 0 N–H and O–H groups in total. The van der Waals surface area contributed by atoms with Crippen LogP contribution in [0.25, 0.3) is 4.96 Å². The molecule has 0 amide bonds. The van der Waals surface area contributed by atoms with Gasteiger partial charge in [0, 0.05) is 31.6 Å². The van der Waals surface area contributed by atoms with Gasteiger partial charge in [0.05, 0.1) is 27.0 Å². The number of hydrogen-bond acceptors (Lipinski definition) is 8. The van der Waals surface area contributed by atoms with Crippen LogP contribution in [0.5, 0.6) is 17.2 Å². The molecular weight excluding hydrogens is 428 g/mol. The average Bonchev–Trinajstić information content (AvgIpc) is 3.51. The Morgan fingerprint density at radius 2 is 1.78 bits per heavy atom. The monoisotopic (exact) mass is 458 g/mol. The second-order valence-electron chi connectivity index (χ2n) is 8.59. The summed E-state index contributed by atoms with van der Waals surface area (Å²) >= 11 is 1.53. The van der Waals surface area contributed by atoms with Crippen LogP contribution < -0.4 is 19.8 Å². The van der Waals surface area contributed by atoms with E-state index in [4.69, 9.17) is 19.2 Å². The fourth-order valence-corrected chi connectivity index (χ4v) is 4.95. The van der Waals surface area contributed by atoms with E-state index in [0.29, 0.717) is 47.1 Å². The molecule has 0 radical (unpaired) electrons. The van der Waals surface area contributed by atoms with Crippen LogP contribution >= 0.6 is 11.3 Å². The van der Waals surface area contributed by atoms with E-state index in [1.807, 2.05) is 12.1 Å². The van der Waals surface area contributed by atoms with Crippen molar-refractivity contribution in [1.29, 1.82) is 0 Å². The van der Waals surface area contributed by atoms with E-state index in [1.54, 1.807) is 27.4 Å². The van der Waals surface area contributed by atoms with Crippen LogP contribution in [0.1, 0.15) is 48.9 Å². The van der Waals surface area contributed by atoms with Crippen molar-refractivity contribution in [2.45, 2.75) is 45.7 Å². The van der Waals surface area contributed by atoms with Gasteiger partial charge >= 0.3 is 0 Å². The van der Waals surface area contributed by atoms with Crippen LogP contribution in [0.3, 0.4) is 0 Å². The molecule has 2 aromatic heterocycles. The molecule has 0 bridgehead atoms. The second kappa shape index (κ2) is 9.46. The number of fused-ring (bicyclic) bond motifs is 1. The van der Waals surface area contributed by atoms with Crippen molar-refractivity contribution in [1.82, 2.24) is 19.5 Å². The number of hydrogen-bond donors (Lipinski definition) is 0. The summed E-state index contributed by atoms with van der Waals surface area (Å²) in [5.74, 6) is 2.78. The SMILES string of the molecule is COc1cc(CN(Cc2cc(=O)n3nc(C4CC4)sc3n2)CC(C)C)cc(OC)c1OC. The first-order valence-corrected chi connectivity index (χ1v) is 11.6. The van der Waals surface area contributed by atoms with Crippen molar-refractivity contribution < 1.29 is 14.2 Å². The molecule has 0 aliphatic heterocycles. The number of nitrogens with zero attached hydrogens (tertiary/aromatic N) is 4. The molecule has 1 saturated carbocycles. The summed E-state index contributed by atoms with van der Waals surface area (Å²) in [7, 11) is 4.83. The molecule has 1 fully saturated rings. The van der Waals surface area contributed by atoms with E-state index >= 15 is 0 Å². The lowest BCUT2D eigenvalue weighted by atomic mass is 10.1. The van der Waals surface area contributed by atoms with E-state index in [1.165, 1.54) is 15.9 Å². The minimum absolute atomic E-state index is 0.120. The third-order valence-corrected chi connectivity index (χ3v) is 6.45. The van der Waals surface area contributed by atoms with Crippen molar-refractivity contribution in [2.75, 3.05) is 27.9 Å². The van der Waals surface area contributed by atoms with Gasteiger partial charge < -0.3 is 14.2 Å². The van der Waals surface area contributed by atoms with E-state index in [-0.39, 0.29) is 5.56 Å². The number of rotatable bonds is 10. The number of ether oxygens (including phenoxy) is 3. The van der Waals surface area contributed by atoms with Crippen LogP contribution in [0.2, 0.25) is 0 Å². The highest BCUT2D eigenvalue weighted by Crippen LogP contribution is 2.41. The predicted molar refractivity (Wildman–Crippen MR) is 124 cm³/mol. The lowest BCUT2D eigenvalue weighted by molar-refractivity contribution is 0.224. The Labute approximate surface area is 191 Å². The Morgan fingerprint density at radius 1 is 1.09 bits per heavy atom. The number of methoxy groups -OCH3 is 3. The van der Waals surface area contributed by atoms with Crippen molar-refractivity contribution in [3.63, 3.8) is 0 Å². The van der Waals surface area contributed by atoms with Gasteiger partial charge in [-0.25, -0.2) is 4.98 Å². The van der Waals surface area contributed by atoms with Gasteiger partial charge in [0.2, 0.25) is 10.7 Å². The van der Waals surface area contributed by atoms with Crippen molar-refractivity contribution in [3.8, 4) is 17.2 Å². The zero-order valence-corrected chi connectivity index (χ0v) is 20.1. The highest BCUT2D eigenvalue weighted by molar-refractivity contribution is 7.16. The first-order valence-electron chi connectivity index (χ1n) is 10.8. The van der Waals surface area contributed by atoms with E-state index in [9.17, 15) is 4.79 Å². The molecule has 1 aliphatic rings. The summed E-state index contributed by atoms with van der Waals surface area (Å²) in [6.07, 6.45) is 2.30. The smallest absolute Gasteiger partial charge is 0.275 e. The van der Waals surface area contributed by atoms with Crippen molar-refractivity contribution >= 4 is 16.3 Å². The molecule has 0 unspecified atom stereocenters. The Hall–Kier alpha value is -2.65. The van der Waals surface area contributed by atoms with Crippen LogP contribution in [0, 0.1) is 5.92 Å². The zero-order valence-electron chi connectivity index (χ0n) is 19.3. The van der Waals surface area contributed by atoms with Crippen molar-refractivity contribution in [2.24, 2.45) is 5.92 Å². The van der Waals surface area contributed by atoms with Gasteiger partial charge in [0.25, 0.3) is 5.56 Å². The Kier molecular flexibility index (Phi) is 6.66. The molecule has 32 heavy (non-hydrogen) atoms. The molecule has 1 aromatic carbocycles. The maximum absolute atomic E-state index is 12.7. The Balaban J connectivity index is 1.61. The molecule has 172 valence electrons. The van der Waals surface area contributed by atoms with Crippen molar-refractivity contribution in [3.05, 3.63) is 44.8 Å². The molecule has 8 nitrogen and oxygen atoms in total. The summed E-state index contributed by atoms with van der Waals surface area (Å²) in [6.45, 7) is 6.44. The van der Waals surface area contributed by atoms with Crippen LogP contribution in [-0.4, -0.2) is 47.4 Å². The molecule has 4 rings (SSSR count). The molecule has 1 aliphatic carbocycles. The lowest BCUT2D eigenvalue weighted by Gasteiger charge is -2.25. The summed E-state index contributed by atoms with van der Waals surface area (Å²) in [6, 6.07) is 5.53. The van der Waals surface area contributed by atoms with Gasteiger partial charge in [-0.3, -0.25) is 9.69 Å². The molecule has 0 saturated heterocycles. The predicted octanol–water partition coefficient (Wildman–Crippen LogP) is 3.71. The minimum Gasteiger partial charge on any atom is -0.493 e. The maximum atomic E-state index is 12.7. The van der Waals surface area contributed by atoms with E-state index in [0.717, 1.165) is 35.7 Å². The highest BCUT2D eigenvalue weighted by atomic mass is 32.1. The minimum atomic E-state index is -0.120. The fourth-order valence-electron chi connectivity index (χ4n) is 3.86. The standard InChI is InChI=1S/C23H30N4O4S/c1-14(2)11-26(12-15-8-18(29-3)21(31-5)19(9-15)30-4)13-17-10-20(28)27-23(24-17)32-22(25-27)16-6-7-16/h8-10,14,16H,6-7,11-13H2,1-5H3. The summed E-state index contributed by atoms with van der Waals surface area (Å²) in [4.78, 5) is 20.4. The number of aromatic nitrogens is 3. The molecule has 0 atom stereocenters. The van der Waals surface area contributed by atoms with Gasteiger partial charge in [-0.05, 0) is 36.5 Å². The molecule has 0 spiro atoms. The Morgan fingerprint density at radius 3 is 2.34 bits per heavy atom. The molecule has 9 heteroatoms.